The van der Waals surface area contributed by atoms with E-state index < -0.39 is 0 Å². The SMILES string of the molecule is O=C1Oc2ccccc2CC12CCCNC2. The smallest absolute Gasteiger partial charge is 0.319 e. The lowest BCUT2D eigenvalue weighted by atomic mass is 9.74. The summed E-state index contributed by atoms with van der Waals surface area (Å²) in [6.07, 6.45) is 2.81. The first-order valence-electron chi connectivity index (χ1n) is 5.81. The fourth-order valence-electron chi connectivity index (χ4n) is 2.69. The van der Waals surface area contributed by atoms with E-state index in [-0.39, 0.29) is 11.4 Å². The number of hydrogen-bond acceptors (Lipinski definition) is 3. The normalized spacial score (nSPS) is 28.6. The predicted molar refractivity (Wildman–Crippen MR) is 60.3 cm³/mol. The molecule has 0 radical (unpaired) electrons. The Labute approximate surface area is 94.8 Å². The fourth-order valence-corrected chi connectivity index (χ4v) is 2.69. The summed E-state index contributed by atoms with van der Waals surface area (Å²) in [4.78, 5) is 12.1. The molecule has 2 aliphatic rings. The summed E-state index contributed by atoms with van der Waals surface area (Å²) in [5.74, 6) is 0.682. The summed E-state index contributed by atoms with van der Waals surface area (Å²) in [5.41, 5.74) is 0.845. The Hall–Kier alpha value is -1.35. The third-order valence-corrected chi connectivity index (χ3v) is 3.61. The molecule has 0 saturated carbocycles. The lowest BCUT2D eigenvalue weighted by Crippen LogP contribution is -2.50. The van der Waals surface area contributed by atoms with E-state index >= 15 is 0 Å². The predicted octanol–water partition coefficient (Wildman–Crippen LogP) is 1.52. The van der Waals surface area contributed by atoms with Crippen molar-refractivity contribution < 1.29 is 9.53 Å². The zero-order valence-corrected chi connectivity index (χ0v) is 9.16. The Morgan fingerprint density at radius 2 is 2.19 bits per heavy atom. The van der Waals surface area contributed by atoms with E-state index in [2.05, 4.69) is 11.4 Å². The van der Waals surface area contributed by atoms with Gasteiger partial charge in [0.15, 0.2) is 0 Å². The van der Waals surface area contributed by atoms with Gasteiger partial charge in [0.05, 0.1) is 5.41 Å². The summed E-state index contributed by atoms with van der Waals surface area (Å²) >= 11 is 0. The quantitative estimate of drug-likeness (QED) is 0.529. The standard InChI is InChI=1S/C13H15NO2/c15-12-13(6-3-7-14-9-13)8-10-4-1-2-5-11(10)16-12/h1-2,4-5,14H,3,6-9H2. The molecule has 1 N–H and O–H groups in total. The van der Waals surface area contributed by atoms with Crippen molar-refractivity contribution in [2.45, 2.75) is 19.3 Å². The number of nitrogens with one attached hydrogen (secondary N) is 1. The highest BCUT2D eigenvalue weighted by molar-refractivity contribution is 5.82. The Morgan fingerprint density at radius 1 is 1.31 bits per heavy atom. The Morgan fingerprint density at radius 3 is 3.00 bits per heavy atom. The number of benzene rings is 1. The number of para-hydroxylation sites is 1. The second kappa shape index (κ2) is 3.59. The Bertz CT molecular complexity index is 422. The molecule has 84 valence electrons. The van der Waals surface area contributed by atoms with Crippen LogP contribution in [0.1, 0.15) is 18.4 Å². The topological polar surface area (TPSA) is 38.3 Å². The Kier molecular flexibility index (Phi) is 2.21. The molecule has 1 aromatic carbocycles. The number of carbonyl (C=O) groups excluding carboxylic acids is 1. The highest BCUT2D eigenvalue weighted by Crippen LogP contribution is 2.39. The largest absolute Gasteiger partial charge is 0.426 e. The van der Waals surface area contributed by atoms with Crippen LogP contribution in [0.2, 0.25) is 0 Å². The van der Waals surface area contributed by atoms with Gasteiger partial charge in [0.25, 0.3) is 0 Å². The highest BCUT2D eigenvalue weighted by Gasteiger charge is 2.44. The van der Waals surface area contributed by atoms with Gasteiger partial charge in [0.2, 0.25) is 0 Å². The van der Waals surface area contributed by atoms with Gasteiger partial charge in [-0.2, -0.15) is 0 Å². The lowest BCUT2D eigenvalue weighted by molar-refractivity contribution is -0.148. The van der Waals surface area contributed by atoms with E-state index in [1.54, 1.807) is 0 Å². The molecule has 1 fully saturated rings. The summed E-state index contributed by atoms with van der Waals surface area (Å²) in [7, 11) is 0. The second-order valence-electron chi connectivity index (χ2n) is 4.73. The molecular weight excluding hydrogens is 202 g/mol. The van der Waals surface area contributed by atoms with Crippen molar-refractivity contribution in [3.8, 4) is 5.75 Å². The summed E-state index contributed by atoms with van der Waals surface area (Å²) < 4.78 is 5.45. The minimum absolute atomic E-state index is 0.0570. The molecule has 1 aromatic rings. The van der Waals surface area contributed by atoms with E-state index in [9.17, 15) is 4.79 Å². The average Bonchev–Trinajstić information content (AvgIpc) is 2.32. The number of fused-ring (bicyclic) bond motifs is 1. The van der Waals surface area contributed by atoms with Crippen LogP contribution >= 0.6 is 0 Å². The van der Waals surface area contributed by atoms with Gasteiger partial charge in [-0.05, 0) is 37.4 Å². The molecule has 0 aliphatic carbocycles. The van der Waals surface area contributed by atoms with Crippen molar-refractivity contribution in [3.63, 3.8) is 0 Å². The van der Waals surface area contributed by atoms with E-state index in [1.165, 1.54) is 0 Å². The van der Waals surface area contributed by atoms with Crippen molar-refractivity contribution in [1.29, 1.82) is 0 Å². The van der Waals surface area contributed by atoms with Gasteiger partial charge in [-0.25, -0.2) is 0 Å². The van der Waals surface area contributed by atoms with Gasteiger partial charge in [0, 0.05) is 6.54 Å². The number of ether oxygens (including phenoxy) is 1. The zero-order valence-electron chi connectivity index (χ0n) is 9.16. The monoisotopic (exact) mass is 217 g/mol. The molecule has 0 bridgehead atoms. The van der Waals surface area contributed by atoms with Crippen molar-refractivity contribution in [2.75, 3.05) is 13.1 Å². The van der Waals surface area contributed by atoms with Crippen LogP contribution < -0.4 is 10.1 Å². The minimum atomic E-state index is -0.313. The van der Waals surface area contributed by atoms with Crippen LogP contribution in [0.15, 0.2) is 24.3 Å². The molecular formula is C13H15NO2. The van der Waals surface area contributed by atoms with E-state index in [4.69, 9.17) is 4.74 Å². The number of esters is 1. The van der Waals surface area contributed by atoms with Gasteiger partial charge in [-0.15, -0.1) is 0 Å². The molecule has 3 nitrogen and oxygen atoms in total. The first-order chi connectivity index (χ1) is 7.80. The number of hydrogen-bond donors (Lipinski definition) is 1. The van der Waals surface area contributed by atoms with Crippen LogP contribution in [0, 0.1) is 5.41 Å². The van der Waals surface area contributed by atoms with E-state index in [0.717, 1.165) is 43.7 Å². The maximum absolute atomic E-state index is 12.1. The molecule has 3 heteroatoms. The summed E-state index contributed by atoms with van der Waals surface area (Å²) in [6, 6.07) is 7.83. The van der Waals surface area contributed by atoms with Crippen molar-refractivity contribution in [2.24, 2.45) is 5.41 Å². The molecule has 1 unspecified atom stereocenters. The zero-order chi connectivity index (χ0) is 11.0. The van der Waals surface area contributed by atoms with E-state index in [1.807, 2.05) is 18.2 Å². The van der Waals surface area contributed by atoms with Crippen molar-refractivity contribution >= 4 is 5.97 Å². The van der Waals surface area contributed by atoms with Crippen molar-refractivity contribution in [3.05, 3.63) is 29.8 Å². The van der Waals surface area contributed by atoms with Gasteiger partial charge in [-0.1, -0.05) is 18.2 Å². The minimum Gasteiger partial charge on any atom is -0.426 e. The van der Waals surface area contributed by atoms with Gasteiger partial charge in [0.1, 0.15) is 5.75 Å². The van der Waals surface area contributed by atoms with Crippen molar-refractivity contribution in [1.82, 2.24) is 5.32 Å². The fraction of sp³-hybridized carbons (Fsp3) is 0.462. The summed E-state index contributed by atoms with van der Waals surface area (Å²) in [6.45, 7) is 1.76. The van der Waals surface area contributed by atoms with Crippen LogP contribution in [-0.2, 0) is 11.2 Å². The van der Waals surface area contributed by atoms with Crippen LogP contribution in [-0.4, -0.2) is 19.1 Å². The first-order valence-corrected chi connectivity index (χ1v) is 5.81. The molecule has 3 rings (SSSR count). The third kappa shape index (κ3) is 1.43. The molecule has 0 aromatic heterocycles. The second-order valence-corrected chi connectivity index (χ2v) is 4.73. The first kappa shape index (κ1) is 9.85. The van der Waals surface area contributed by atoms with Crippen LogP contribution in [0.5, 0.6) is 5.75 Å². The number of piperidine rings is 1. The van der Waals surface area contributed by atoms with Gasteiger partial charge in [-0.3, -0.25) is 4.79 Å². The molecule has 1 spiro atoms. The Balaban J connectivity index is 1.97. The van der Waals surface area contributed by atoms with Gasteiger partial charge >= 0.3 is 5.97 Å². The number of carbonyl (C=O) groups is 1. The van der Waals surface area contributed by atoms with Gasteiger partial charge < -0.3 is 10.1 Å². The van der Waals surface area contributed by atoms with Crippen LogP contribution in [0.4, 0.5) is 0 Å². The van der Waals surface area contributed by atoms with Crippen LogP contribution in [0.25, 0.3) is 0 Å². The summed E-state index contributed by atoms with van der Waals surface area (Å²) in [5, 5.41) is 3.31. The molecule has 2 aliphatic heterocycles. The molecule has 1 saturated heterocycles. The van der Waals surface area contributed by atoms with E-state index in [0.29, 0.717) is 0 Å². The lowest BCUT2D eigenvalue weighted by Gasteiger charge is -2.38. The average molecular weight is 217 g/mol. The third-order valence-electron chi connectivity index (χ3n) is 3.61. The molecule has 1 atom stereocenters. The molecule has 0 amide bonds. The highest BCUT2D eigenvalue weighted by atomic mass is 16.5. The maximum atomic E-state index is 12.1. The number of rotatable bonds is 0. The maximum Gasteiger partial charge on any atom is 0.319 e. The molecule has 16 heavy (non-hydrogen) atoms. The van der Waals surface area contributed by atoms with Crippen LogP contribution in [0.3, 0.4) is 0 Å². The molecule has 2 heterocycles.